The fourth-order valence-electron chi connectivity index (χ4n) is 1.30. The van der Waals surface area contributed by atoms with Gasteiger partial charge in [0.25, 0.3) is 0 Å². The molecule has 0 amide bonds. The molecule has 0 radical (unpaired) electrons. The molecule has 2 rings (SSSR count). The maximum Gasteiger partial charge on any atom is 4.00 e. The fraction of sp³-hybridized carbons (Fsp3) is 0.286. The van der Waals surface area contributed by atoms with Crippen molar-refractivity contribution in [3.63, 3.8) is 0 Å². The van der Waals surface area contributed by atoms with Crippen LogP contribution in [0, 0.1) is 0 Å². The Hall–Kier alpha value is 0.163. The molecule has 0 atom stereocenters. The summed E-state index contributed by atoms with van der Waals surface area (Å²) in [5, 5.41) is 0. The average molecular weight is 348 g/mol. The second kappa shape index (κ2) is 14.2. The van der Waals surface area contributed by atoms with Crippen molar-refractivity contribution in [2.24, 2.45) is 0 Å². The standard InChI is InChI=1S/2C7H9.2ClH.Zr/c2*1-2-7-5-3-4-6-7;;;/h2*3-6H,2H2,1H3;2*1H;/q2*-1;;;+4/p-2. The Morgan fingerprint density at radius 2 is 0.882 bits per heavy atom. The topological polar surface area (TPSA) is 0 Å². The molecular formula is C14H18Cl2Zr. The SMILES string of the molecule is CC[c-]1cccc1.CC[c-]1cccc1.[Cl-].[Cl-].[Zr+4]. The van der Waals surface area contributed by atoms with Gasteiger partial charge in [-0.05, 0) is 0 Å². The fourth-order valence-corrected chi connectivity index (χ4v) is 1.30. The molecule has 0 nitrogen and oxygen atoms in total. The molecular weight excluding hydrogens is 330 g/mol. The molecule has 0 aromatic heterocycles. The van der Waals surface area contributed by atoms with Gasteiger partial charge in [-0.1, -0.05) is 26.7 Å². The van der Waals surface area contributed by atoms with Gasteiger partial charge < -0.3 is 24.8 Å². The van der Waals surface area contributed by atoms with E-state index in [-0.39, 0.29) is 51.0 Å². The van der Waals surface area contributed by atoms with Gasteiger partial charge in [-0.3, -0.25) is 0 Å². The molecule has 0 aliphatic rings. The van der Waals surface area contributed by atoms with Gasteiger partial charge in [0.05, 0.1) is 0 Å². The van der Waals surface area contributed by atoms with E-state index in [4.69, 9.17) is 0 Å². The van der Waals surface area contributed by atoms with Gasteiger partial charge in [0.1, 0.15) is 0 Å². The molecule has 0 heterocycles. The molecule has 0 aliphatic carbocycles. The normalized spacial score (nSPS) is 7.65. The van der Waals surface area contributed by atoms with E-state index in [2.05, 4.69) is 62.4 Å². The van der Waals surface area contributed by atoms with Gasteiger partial charge in [-0.25, -0.2) is 24.3 Å². The van der Waals surface area contributed by atoms with Crippen molar-refractivity contribution in [3.8, 4) is 0 Å². The molecule has 0 bridgehead atoms. The minimum atomic E-state index is 0. The molecule has 92 valence electrons. The Morgan fingerprint density at radius 1 is 0.647 bits per heavy atom. The average Bonchev–Trinajstić information content (AvgIpc) is 2.92. The maximum atomic E-state index is 2.16. The van der Waals surface area contributed by atoms with Crippen molar-refractivity contribution in [2.45, 2.75) is 26.7 Å². The van der Waals surface area contributed by atoms with Gasteiger partial charge in [-0.2, -0.15) is 35.4 Å². The minimum Gasteiger partial charge on any atom is -1.00 e. The Bertz CT molecular complexity index is 278. The monoisotopic (exact) mass is 346 g/mol. The van der Waals surface area contributed by atoms with Crippen LogP contribution >= 0.6 is 0 Å². The van der Waals surface area contributed by atoms with Crippen LogP contribution in [0.4, 0.5) is 0 Å². The van der Waals surface area contributed by atoms with E-state index in [1.807, 2.05) is 0 Å². The van der Waals surface area contributed by atoms with Crippen molar-refractivity contribution < 1.29 is 51.0 Å². The van der Waals surface area contributed by atoms with Crippen molar-refractivity contribution >= 4 is 0 Å². The number of hydrogen-bond donors (Lipinski definition) is 0. The van der Waals surface area contributed by atoms with Crippen LogP contribution in [0.3, 0.4) is 0 Å². The van der Waals surface area contributed by atoms with Crippen molar-refractivity contribution in [3.05, 3.63) is 59.7 Å². The Labute approximate surface area is 136 Å². The molecule has 2 aromatic rings. The first-order valence-corrected chi connectivity index (χ1v) is 5.28. The minimum absolute atomic E-state index is 0. The summed E-state index contributed by atoms with van der Waals surface area (Å²) in [6.45, 7) is 4.32. The molecule has 0 unspecified atom stereocenters. The van der Waals surface area contributed by atoms with Gasteiger partial charge in [0, 0.05) is 0 Å². The summed E-state index contributed by atoms with van der Waals surface area (Å²) >= 11 is 0. The number of halogens is 2. The second-order valence-electron chi connectivity index (χ2n) is 3.29. The number of hydrogen-bond acceptors (Lipinski definition) is 0. The van der Waals surface area contributed by atoms with Crippen LogP contribution in [-0.4, -0.2) is 0 Å². The van der Waals surface area contributed by atoms with E-state index >= 15 is 0 Å². The van der Waals surface area contributed by atoms with Gasteiger partial charge in [0.2, 0.25) is 0 Å². The van der Waals surface area contributed by atoms with E-state index in [1.54, 1.807) is 0 Å². The van der Waals surface area contributed by atoms with Crippen molar-refractivity contribution in [1.29, 1.82) is 0 Å². The van der Waals surface area contributed by atoms with Crippen LogP contribution in [0.25, 0.3) is 0 Å². The molecule has 0 N–H and O–H groups in total. The zero-order valence-electron chi connectivity index (χ0n) is 10.3. The van der Waals surface area contributed by atoms with E-state index < -0.39 is 0 Å². The third-order valence-electron chi connectivity index (χ3n) is 2.28. The van der Waals surface area contributed by atoms with E-state index in [9.17, 15) is 0 Å². The smallest absolute Gasteiger partial charge is 1.00 e. The Balaban J connectivity index is -0.000000196. The molecule has 0 saturated carbocycles. The first-order chi connectivity index (χ1) is 6.86. The molecule has 0 saturated heterocycles. The summed E-state index contributed by atoms with van der Waals surface area (Å²) in [6, 6.07) is 16.8. The summed E-state index contributed by atoms with van der Waals surface area (Å²) in [4.78, 5) is 0. The van der Waals surface area contributed by atoms with Crippen LogP contribution in [0.1, 0.15) is 25.0 Å². The predicted molar refractivity (Wildman–Crippen MR) is 62.8 cm³/mol. The molecule has 17 heavy (non-hydrogen) atoms. The third kappa shape index (κ3) is 9.83. The first kappa shape index (κ1) is 22.4. The van der Waals surface area contributed by atoms with Gasteiger partial charge >= 0.3 is 26.2 Å². The van der Waals surface area contributed by atoms with E-state index in [0.717, 1.165) is 12.8 Å². The van der Waals surface area contributed by atoms with E-state index in [0.29, 0.717) is 0 Å². The zero-order chi connectivity index (χ0) is 10.2. The van der Waals surface area contributed by atoms with Gasteiger partial charge in [-0.15, -0.1) is 0 Å². The third-order valence-corrected chi connectivity index (χ3v) is 2.28. The van der Waals surface area contributed by atoms with Crippen LogP contribution < -0.4 is 24.8 Å². The van der Waals surface area contributed by atoms with Crippen LogP contribution in [0.5, 0.6) is 0 Å². The Morgan fingerprint density at radius 3 is 1.00 bits per heavy atom. The van der Waals surface area contributed by atoms with Crippen molar-refractivity contribution in [2.75, 3.05) is 0 Å². The first-order valence-electron chi connectivity index (χ1n) is 5.28. The Kier molecular flexibility index (Phi) is 18.7. The van der Waals surface area contributed by atoms with Gasteiger partial charge in [0.15, 0.2) is 0 Å². The van der Waals surface area contributed by atoms with Crippen molar-refractivity contribution in [1.82, 2.24) is 0 Å². The van der Waals surface area contributed by atoms with Crippen LogP contribution in [-0.2, 0) is 39.0 Å². The maximum absolute atomic E-state index is 2.16. The number of aryl methyl sites for hydroxylation is 2. The second-order valence-corrected chi connectivity index (χ2v) is 3.29. The van der Waals surface area contributed by atoms with E-state index in [1.165, 1.54) is 11.1 Å². The summed E-state index contributed by atoms with van der Waals surface area (Å²) in [7, 11) is 0. The molecule has 0 fully saturated rings. The quantitative estimate of drug-likeness (QED) is 0.548. The molecule has 0 aliphatic heterocycles. The zero-order valence-corrected chi connectivity index (χ0v) is 14.3. The number of rotatable bonds is 2. The molecule has 2 aromatic carbocycles. The predicted octanol–water partition coefficient (Wildman–Crippen LogP) is -2.06. The summed E-state index contributed by atoms with van der Waals surface area (Å²) < 4.78 is 0. The molecule has 3 heteroatoms. The van der Waals surface area contributed by atoms with Crippen LogP contribution in [0.15, 0.2) is 48.5 Å². The molecule has 0 spiro atoms. The largest absolute Gasteiger partial charge is 4.00 e. The summed E-state index contributed by atoms with van der Waals surface area (Å²) in [5.74, 6) is 0. The summed E-state index contributed by atoms with van der Waals surface area (Å²) in [5.41, 5.74) is 2.86. The summed E-state index contributed by atoms with van der Waals surface area (Å²) in [6.07, 6.45) is 2.32. The van der Waals surface area contributed by atoms with Crippen LogP contribution in [0.2, 0.25) is 0 Å².